The van der Waals surface area contributed by atoms with Crippen molar-refractivity contribution in [2.45, 2.75) is 24.8 Å². The smallest absolute Gasteiger partial charge is 0.335 e. The minimum atomic E-state index is -0.880. The number of hydrogen-bond acceptors (Lipinski definition) is 4. The van der Waals surface area contributed by atoms with E-state index in [9.17, 15) is 4.79 Å². The van der Waals surface area contributed by atoms with Crippen LogP contribution in [0.15, 0.2) is 29.2 Å². The van der Waals surface area contributed by atoms with Gasteiger partial charge in [-0.1, -0.05) is 19.9 Å². The van der Waals surface area contributed by atoms with Gasteiger partial charge in [0, 0.05) is 30.3 Å². The van der Waals surface area contributed by atoms with Crippen molar-refractivity contribution in [2.24, 2.45) is 5.92 Å². The Hall–Kier alpha value is -1.04. The van der Waals surface area contributed by atoms with Crippen molar-refractivity contribution < 1.29 is 14.6 Å². The summed E-state index contributed by atoms with van der Waals surface area (Å²) in [6.45, 7) is 8.33. The second-order valence-corrected chi connectivity index (χ2v) is 6.88. The molecule has 1 atom stereocenters. The van der Waals surface area contributed by atoms with Crippen LogP contribution >= 0.6 is 11.8 Å². The number of carbonyl (C=O) groups is 1. The number of aromatic carboxylic acids is 1. The quantitative estimate of drug-likeness (QED) is 0.819. The fraction of sp³-hybridized carbons (Fsp3) is 0.562. The maximum atomic E-state index is 11.0. The van der Waals surface area contributed by atoms with Crippen molar-refractivity contribution in [1.29, 1.82) is 0 Å². The predicted molar refractivity (Wildman–Crippen MR) is 85.1 cm³/mol. The van der Waals surface area contributed by atoms with Crippen LogP contribution in [0.4, 0.5) is 0 Å². The van der Waals surface area contributed by atoms with E-state index in [1.807, 2.05) is 6.07 Å². The lowest BCUT2D eigenvalue weighted by atomic mass is 10.2. The Morgan fingerprint density at radius 1 is 1.52 bits per heavy atom. The Bertz CT molecular complexity index is 478. The Morgan fingerprint density at radius 2 is 2.33 bits per heavy atom. The summed E-state index contributed by atoms with van der Waals surface area (Å²) in [7, 11) is 0. The lowest BCUT2D eigenvalue weighted by molar-refractivity contribution is -0.0191. The van der Waals surface area contributed by atoms with Crippen molar-refractivity contribution in [1.82, 2.24) is 4.90 Å². The van der Waals surface area contributed by atoms with Gasteiger partial charge < -0.3 is 9.84 Å². The third-order valence-electron chi connectivity index (χ3n) is 3.36. The van der Waals surface area contributed by atoms with E-state index in [0.29, 0.717) is 11.5 Å². The molecule has 0 aliphatic carbocycles. The van der Waals surface area contributed by atoms with E-state index in [-0.39, 0.29) is 6.10 Å². The van der Waals surface area contributed by atoms with Gasteiger partial charge in [0.25, 0.3) is 0 Å². The summed E-state index contributed by atoms with van der Waals surface area (Å²) in [5.41, 5.74) is 0.339. The Kier molecular flexibility index (Phi) is 6.08. The third-order valence-corrected chi connectivity index (χ3v) is 4.49. The number of nitrogens with zero attached hydrogens (tertiary/aromatic N) is 1. The molecule has 0 spiro atoms. The second kappa shape index (κ2) is 7.82. The number of ether oxygens (including phenoxy) is 1. The van der Waals surface area contributed by atoms with E-state index in [1.165, 1.54) is 0 Å². The van der Waals surface area contributed by atoms with E-state index >= 15 is 0 Å². The van der Waals surface area contributed by atoms with Gasteiger partial charge in [-0.05, 0) is 24.1 Å². The highest BCUT2D eigenvalue weighted by atomic mass is 32.2. The molecule has 0 amide bonds. The summed E-state index contributed by atoms with van der Waals surface area (Å²) in [5.74, 6) is 0.649. The number of thioether (sulfide) groups is 1. The molecular formula is C16H23NO3S. The highest BCUT2D eigenvalue weighted by Gasteiger charge is 2.21. The monoisotopic (exact) mass is 309 g/mol. The summed E-state index contributed by atoms with van der Waals surface area (Å²) in [4.78, 5) is 14.4. The van der Waals surface area contributed by atoms with Crippen LogP contribution in [0.2, 0.25) is 0 Å². The van der Waals surface area contributed by atoms with Crippen LogP contribution in [0.25, 0.3) is 0 Å². The molecule has 0 radical (unpaired) electrons. The van der Waals surface area contributed by atoms with Gasteiger partial charge in [-0.2, -0.15) is 0 Å². The van der Waals surface area contributed by atoms with Crippen molar-refractivity contribution >= 4 is 17.7 Å². The normalized spacial score (nSPS) is 19.9. The fourth-order valence-electron chi connectivity index (χ4n) is 2.47. The zero-order valence-corrected chi connectivity index (χ0v) is 13.4. The molecule has 1 aliphatic heterocycles. The topological polar surface area (TPSA) is 49.8 Å². The maximum Gasteiger partial charge on any atom is 0.335 e. The van der Waals surface area contributed by atoms with Crippen molar-refractivity contribution in [3.8, 4) is 0 Å². The number of hydrogen-bond donors (Lipinski definition) is 1. The van der Waals surface area contributed by atoms with Crippen LogP contribution < -0.4 is 0 Å². The minimum Gasteiger partial charge on any atom is -0.478 e. The first-order valence-corrected chi connectivity index (χ1v) is 8.33. The van der Waals surface area contributed by atoms with Crippen LogP contribution in [0.5, 0.6) is 0 Å². The molecule has 0 bridgehead atoms. The summed E-state index contributed by atoms with van der Waals surface area (Å²) in [6, 6.07) is 7.08. The van der Waals surface area contributed by atoms with Gasteiger partial charge in [-0.25, -0.2) is 4.79 Å². The number of morpholine rings is 1. The summed E-state index contributed by atoms with van der Waals surface area (Å²) < 4.78 is 5.81. The number of rotatable bonds is 6. The van der Waals surface area contributed by atoms with Crippen LogP contribution in [0, 0.1) is 5.92 Å². The number of carboxylic acid groups (broad SMARTS) is 1. The summed E-state index contributed by atoms with van der Waals surface area (Å²) >= 11 is 1.66. The van der Waals surface area contributed by atoms with E-state index in [1.54, 1.807) is 30.0 Å². The SMILES string of the molecule is CC(C)CN1CCOC(CSc2cccc(C(=O)O)c2)C1. The fourth-order valence-corrected chi connectivity index (χ4v) is 3.44. The molecule has 1 saturated heterocycles. The Labute approximate surface area is 130 Å². The molecule has 1 aromatic carbocycles. The molecule has 116 valence electrons. The standard InChI is InChI=1S/C16H23NO3S/c1-12(2)9-17-6-7-20-14(10-17)11-21-15-5-3-4-13(8-15)16(18)19/h3-5,8,12,14H,6-7,9-11H2,1-2H3,(H,18,19). The Morgan fingerprint density at radius 3 is 3.05 bits per heavy atom. The highest BCUT2D eigenvalue weighted by Crippen LogP contribution is 2.22. The molecule has 0 saturated carbocycles. The molecule has 0 aromatic heterocycles. The third kappa shape index (κ3) is 5.34. The van der Waals surface area contributed by atoms with Gasteiger partial charge in [0.1, 0.15) is 0 Å². The first-order valence-electron chi connectivity index (χ1n) is 7.34. The van der Waals surface area contributed by atoms with E-state index in [2.05, 4.69) is 18.7 Å². The lowest BCUT2D eigenvalue weighted by Gasteiger charge is -2.33. The molecular weight excluding hydrogens is 286 g/mol. The van der Waals surface area contributed by atoms with Gasteiger partial charge in [-0.3, -0.25) is 4.90 Å². The number of benzene rings is 1. The zero-order chi connectivity index (χ0) is 15.2. The molecule has 4 nitrogen and oxygen atoms in total. The van der Waals surface area contributed by atoms with Gasteiger partial charge in [-0.15, -0.1) is 11.8 Å². The van der Waals surface area contributed by atoms with Crippen LogP contribution in [-0.2, 0) is 4.74 Å². The minimum absolute atomic E-state index is 0.219. The molecule has 21 heavy (non-hydrogen) atoms. The molecule has 1 fully saturated rings. The average Bonchev–Trinajstić information content (AvgIpc) is 2.45. The van der Waals surface area contributed by atoms with Crippen molar-refractivity contribution in [3.05, 3.63) is 29.8 Å². The van der Waals surface area contributed by atoms with Crippen LogP contribution in [-0.4, -0.2) is 54.1 Å². The average molecular weight is 309 g/mol. The van der Waals surface area contributed by atoms with E-state index in [0.717, 1.165) is 36.9 Å². The molecule has 1 aromatic rings. The molecule has 1 aliphatic rings. The number of carboxylic acids is 1. The molecule has 1 N–H and O–H groups in total. The van der Waals surface area contributed by atoms with E-state index in [4.69, 9.17) is 9.84 Å². The summed E-state index contributed by atoms with van der Waals surface area (Å²) in [6.07, 6.45) is 0.219. The van der Waals surface area contributed by atoms with Crippen molar-refractivity contribution in [3.63, 3.8) is 0 Å². The van der Waals surface area contributed by atoms with E-state index < -0.39 is 5.97 Å². The lowest BCUT2D eigenvalue weighted by Crippen LogP contribution is -2.44. The first kappa shape index (κ1) is 16.3. The molecule has 2 rings (SSSR count). The van der Waals surface area contributed by atoms with Crippen LogP contribution in [0.3, 0.4) is 0 Å². The molecule has 1 heterocycles. The highest BCUT2D eigenvalue weighted by molar-refractivity contribution is 7.99. The van der Waals surface area contributed by atoms with Gasteiger partial charge >= 0.3 is 5.97 Å². The van der Waals surface area contributed by atoms with Gasteiger partial charge in [0.2, 0.25) is 0 Å². The molecule has 5 heteroatoms. The second-order valence-electron chi connectivity index (χ2n) is 5.79. The Balaban J connectivity index is 1.85. The zero-order valence-electron chi connectivity index (χ0n) is 12.6. The largest absolute Gasteiger partial charge is 0.478 e. The first-order chi connectivity index (χ1) is 10.0. The summed E-state index contributed by atoms with van der Waals surface area (Å²) in [5, 5.41) is 9.00. The maximum absolute atomic E-state index is 11.0. The van der Waals surface area contributed by atoms with Gasteiger partial charge in [0.15, 0.2) is 0 Å². The van der Waals surface area contributed by atoms with Crippen molar-refractivity contribution in [2.75, 3.05) is 32.0 Å². The van der Waals surface area contributed by atoms with Gasteiger partial charge in [0.05, 0.1) is 18.3 Å². The predicted octanol–water partition coefficient (Wildman–Crippen LogP) is 2.83. The molecule has 1 unspecified atom stereocenters. The van der Waals surface area contributed by atoms with Crippen LogP contribution in [0.1, 0.15) is 24.2 Å².